The van der Waals surface area contributed by atoms with Gasteiger partial charge in [-0.2, -0.15) is 0 Å². The van der Waals surface area contributed by atoms with Gasteiger partial charge in [0.05, 0.1) is 14.7 Å². The van der Waals surface area contributed by atoms with E-state index in [9.17, 15) is 9.50 Å². The van der Waals surface area contributed by atoms with Gasteiger partial charge in [0.25, 0.3) is 0 Å². The molecule has 0 saturated carbocycles. The average Bonchev–Trinajstić information content (AvgIpc) is 2.75. The van der Waals surface area contributed by atoms with E-state index in [0.29, 0.717) is 9.99 Å². The number of fused-ring (bicyclic) bond motifs is 1. The van der Waals surface area contributed by atoms with Gasteiger partial charge in [0, 0.05) is 11.6 Å². The van der Waals surface area contributed by atoms with Gasteiger partial charge in [-0.05, 0) is 40.2 Å². The molecule has 18 heavy (non-hydrogen) atoms. The maximum atomic E-state index is 13.1. The molecule has 3 rings (SSSR count). The van der Waals surface area contributed by atoms with Crippen molar-refractivity contribution < 1.29 is 9.50 Å². The van der Waals surface area contributed by atoms with Crippen LogP contribution in [0.25, 0.3) is 20.8 Å². The first-order chi connectivity index (χ1) is 8.63. The molecule has 0 spiro atoms. The van der Waals surface area contributed by atoms with Crippen LogP contribution in [-0.2, 0) is 0 Å². The third-order valence-electron chi connectivity index (χ3n) is 2.54. The van der Waals surface area contributed by atoms with Crippen LogP contribution in [0.4, 0.5) is 4.39 Å². The number of rotatable bonds is 1. The summed E-state index contributed by atoms with van der Waals surface area (Å²) >= 11 is 4.70. The standard InChI is InChI=1S/C13H7BrFNOS/c14-9-3-1-7(5-11(9)17)13-16-10-6-8(15)2-4-12(10)18-13/h1-6,17H. The molecule has 0 bridgehead atoms. The fraction of sp³-hybridized carbons (Fsp3) is 0. The molecule has 1 aromatic heterocycles. The summed E-state index contributed by atoms with van der Waals surface area (Å²) in [7, 11) is 0. The second-order valence-corrected chi connectivity index (χ2v) is 5.68. The van der Waals surface area contributed by atoms with Crippen molar-refractivity contribution in [2.75, 3.05) is 0 Å². The highest BCUT2D eigenvalue weighted by atomic mass is 79.9. The minimum Gasteiger partial charge on any atom is -0.507 e. The van der Waals surface area contributed by atoms with Crippen molar-refractivity contribution in [3.63, 3.8) is 0 Å². The van der Waals surface area contributed by atoms with Crippen molar-refractivity contribution in [1.29, 1.82) is 0 Å². The zero-order valence-electron chi connectivity index (χ0n) is 9.02. The first kappa shape index (κ1) is 11.6. The molecule has 3 aromatic rings. The van der Waals surface area contributed by atoms with Gasteiger partial charge in [-0.1, -0.05) is 6.07 Å². The summed E-state index contributed by atoms with van der Waals surface area (Å²) in [4.78, 5) is 4.37. The Labute approximate surface area is 115 Å². The number of hydrogen-bond donors (Lipinski definition) is 1. The van der Waals surface area contributed by atoms with Crippen LogP contribution >= 0.6 is 27.3 Å². The highest BCUT2D eigenvalue weighted by molar-refractivity contribution is 9.10. The molecule has 1 N–H and O–H groups in total. The number of hydrogen-bond acceptors (Lipinski definition) is 3. The zero-order valence-corrected chi connectivity index (χ0v) is 11.4. The van der Waals surface area contributed by atoms with E-state index in [0.717, 1.165) is 15.3 Å². The second kappa shape index (κ2) is 4.33. The fourth-order valence-electron chi connectivity index (χ4n) is 1.67. The SMILES string of the molecule is Oc1cc(-c2nc3cc(F)ccc3s2)ccc1Br. The number of aromatic hydroxyl groups is 1. The summed E-state index contributed by atoms with van der Waals surface area (Å²) in [6, 6.07) is 9.80. The maximum Gasteiger partial charge on any atom is 0.130 e. The Bertz CT molecular complexity index is 741. The Balaban J connectivity index is 2.16. The summed E-state index contributed by atoms with van der Waals surface area (Å²) in [6.45, 7) is 0. The predicted molar refractivity (Wildman–Crippen MR) is 74.4 cm³/mol. The molecule has 0 unspecified atom stereocenters. The van der Waals surface area contributed by atoms with Gasteiger partial charge in [0.1, 0.15) is 16.6 Å². The van der Waals surface area contributed by atoms with E-state index < -0.39 is 0 Å². The van der Waals surface area contributed by atoms with Crippen LogP contribution in [-0.4, -0.2) is 10.1 Å². The molecule has 5 heteroatoms. The van der Waals surface area contributed by atoms with Gasteiger partial charge >= 0.3 is 0 Å². The average molecular weight is 324 g/mol. The minimum absolute atomic E-state index is 0.165. The number of halogens is 2. The van der Waals surface area contributed by atoms with Crippen LogP contribution in [0.1, 0.15) is 0 Å². The topological polar surface area (TPSA) is 33.1 Å². The largest absolute Gasteiger partial charge is 0.507 e. The normalized spacial score (nSPS) is 11.0. The Morgan fingerprint density at radius 3 is 2.78 bits per heavy atom. The Hall–Kier alpha value is -1.46. The first-order valence-corrected chi connectivity index (χ1v) is 6.79. The number of benzene rings is 2. The molecular weight excluding hydrogens is 317 g/mol. The fourth-order valence-corrected chi connectivity index (χ4v) is 2.86. The third-order valence-corrected chi connectivity index (χ3v) is 4.30. The van der Waals surface area contributed by atoms with Crippen LogP contribution in [0, 0.1) is 5.82 Å². The van der Waals surface area contributed by atoms with Gasteiger partial charge in [0.2, 0.25) is 0 Å². The molecule has 1 heterocycles. The summed E-state index contributed by atoms with van der Waals surface area (Å²) in [5.41, 5.74) is 1.45. The van der Waals surface area contributed by atoms with Gasteiger partial charge in [-0.15, -0.1) is 11.3 Å². The van der Waals surface area contributed by atoms with Crippen LogP contribution < -0.4 is 0 Å². The smallest absolute Gasteiger partial charge is 0.130 e. The van der Waals surface area contributed by atoms with Gasteiger partial charge < -0.3 is 5.11 Å². The number of thiazole rings is 1. The second-order valence-electron chi connectivity index (χ2n) is 3.80. The van der Waals surface area contributed by atoms with Gasteiger partial charge in [-0.3, -0.25) is 0 Å². The van der Waals surface area contributed by atoms with Crippen molar-refractivity contribution in [2.24, 2.45) is 0 Å². The maximum absolute atomic E-state index is 13.1. The lowest BCUT2D eigenvalue weighted by Crippen LogP contribution is -1.77. The van der Waals surface area contributed by atoms with Crippen molar-refractivity contribution >= 4 is 37.5 Å². The molecule has 2 nitrogen and oxygen atoms in total. The molecule has 0 radical (unpaired) electrons. The van der Waals surface area contributed by atoms with E-state index in [1.807, 2.05) is 6.07 Å². The summed E-state index contributed by atoms with van der Waals surface area (Å²) < 4.78 is 14.6. The van der Waals surface area contributed by atoms with Crippen LogP contribution in [0.5, 0.6) is 5.75 Å². The molecular formula is C13H7BrFNOS. The third kappa shape index (κ3) is 2.00. The van der Waals surface area contributed by atoms with Crippen molar-refractivity contribution in [3.8, 4) is 16.3 Å². The minimum atomic E-state index is -0.294. The lowest BCUT2D eigenvalue weighted by atomic mass is 10.2. The zero-order chi connectivity index (χ0) is 12.7. The molecule has 0 atom stereocenters. The van der Waals surface area contributed by atoms with Crippen molar-refractivity contribution in [3.05, 3.63) is 46.7 Å². The number of phenols is 1. The van der Waals surface area contributed by atoms with Crippen molar-refractivity contribution in [2.45, 2.75) is 0 Å². The highest BCUT2D eigenvalue weighted by Gasteiger charge is 2.08. The quantitative estimate of drug-likeness (QED) is 0.711. The molecule has 0 amide bonds. The van der Waals surface area contributed by atoms with Crippen molar-refractivity contribution in [1.82, 2.24) is 4.98 Å². The molecule has 0 saturated heterocycles. The Morgan fingerprint density at radius 1 is 1.17 bits per heavy atom. The van der Waals surface area contributed by atoms with Gasteiger partial charge in [-0.25, -0.2) is 9.37 Å². The van der Waals surface area contributed by atoms with E-state index in [1.54, 1.807) is 18.2 Å². The lowest BCUT2D eigenvalue weighted by Gasteiger charge is -1.99. The first-order valence-electron chi connectivity index (χ1n) is 5.18. The highest BCUT2D eigenvalue weighted by Crippen LogP contribution is 2.34. The number of aromatic nitrogens is 1. The van der Waals surface area contributed by atoms with E-state index in [4.69, 9.17) is 0 Å². The van der Waals surface area contributed by atoms with Gasteiger partial charge in [0.15, 0.2) is 0 Å². The Kier molecular flexibility index (Phi) is 2.80. The summed E-state index contributed by atoms with van der Waals surface area (Å²) in [5.74, 6) is -0.129. The van der Waals surface area contributed by atoms with Crippen LogP contribution in [0.2, 0.25) is 0 Å². The van der Waals surface area contributed by atoms with E-state index in [1.165, 1.54) is 23.5 Å². The van der Waals surface area contributed by atoms with Crippen LogP contribution in [0.3, 0.4) is 0 Å². The lowest BCUT2D eigenvalue weighted by molar-refractivity contribution is 0.472. The van der Waals surface area contributed by atoms with E-state index in [2.05, 4.69) is 20.9 Å². The van der Waals surface area contributed by atoms with Crippen LogP contribution in [0.15, 0.2) is 40.9 Å². The molecule has 90 valence electrons. The predicted octanol–water partition coefficient (Wildman–Crippen LogP) is 4.57. The molecule has 2 aromatic carbocycles. The molecule has 0 fully saturated rings. The van der Waals surface area contributed by atoms with E-state index in [-0.39, 0.29) is 11.6 Å². The molecule has 0 aliphatic carbocycles. The molecule has 0 aliphatic rings. The number of phenolic OH excluding ortho intramolecular Hbond substituents is 1. The van der Waals surface area contributed by atoms with E-state index >= 15 is 0 Å². The number of nitrogens with zero attached hydrogens (tertiary/aromatic N) is 1. The summed E-state index contributed by atoms with van der Waals surface area (Å²) in [6.07, 6.45) is 0. The monoisotopic (exact) mass is 323 g/mol. The molecule has 0 aliphatic heterocycles. The Morgan fingerprint density at radius 2 is 2.00 bits per heavy atom. The summed E-state index contributed by atoms with van der Waals surface area (Å²) in [5, 5.41) is 10.4.